The first-order valence-electron chi connectivity index (χ1n) is 6.19. The molecule has 0 saturated heterocycles. The maximum Gasteiger partial charge on any atom is 0.145 e. The van der Waals surface area contributed by atoms with Crippen molar-refractivity contribution in [1.82, 2.24) is 0 Å². The lowest BCUT2D eigenvalue weighted by Crippen LogP contribution is -2.03. The number of anilines is 1. The highest BCUT2D eigenvalue weighted by Gasteiger charge is 2.09. The molecule has 0 aliphatic heterocycles. The van der Waals surface area contributed by atoms with Crippen molar-refractivity contribution in [2.45, 2.75) is 20.5 Å². The summed E-state index contributed by atoms with van der Waals surface area (Å²) in [5.41, 5.74) is 9.09. The fourth-order valence-corrected chi connectivity index (χ4v) is 2.07. The van der Waals surface area contributed by atoms with Crippen molar-refractivity contribution >= 4 is 5.69 Å². The third kappa shape index (κ3) is 2.89. The number of hydrogen-bond donors (Lipinski definition) is 1. The van der Waals surface area contributed by atoms with E-state index in [4.69, 9.17) is 15.7 Å². The maximum atomic E-state index is 13.7. The van der Waals surface area contributed by atoms with E-state index in [2.05, 4.69) is 0 Å². The van der Waals surface area contributed by atoms with Crippen molar-refractivity contribution in [2.24, 2.45) is 0 Å². The molecule has 20 heavy (non-hydrogen) atoms. The van der Waals surface area contributed by atoms with Gasteiger partial charge in [0.05, 0.1) is 17.3 Å². The van der Waals surface area contributed by atoms with Crippen molar-refractivity contribution in [2.75, 3.05) is 5.73 Å². The molecule has 0 fully saturated rings. The van der Waals surface area contributed by atoms with Gasteiger partial charge in [0, 0.05) is 5.56 Å². The van der Waals surface area contributed by atoms with E-state index in [-0.39, 0.29) is 12.2 Å². The number of nitrogen functional groups attached to an aromatic ring is 1. The van der Waals surface area contributed by atoms with Gasteiger partial charge in [-0.25, -0.2) is 4.39 Å². The molecule has 0 unspecified atom stereocenters. The van der Waals surface area contributed by atoms with E-state index in [0.29, 0.717) is 17.0 Å². The predicted molar refractivity (Wildman–Crippen MR) is 75.8 cm³/mol. The molecule has 3 nitrogen and oxygen atoms in total. The smallest absolute Gasteiger partial charge is 0.145 e. The molecule has 0 amide bonds. The quantitative estimate of drug-likeness (QED) is 0.869. The molecule has 0 aromatic heterocycles. The van der Waals surface area contributed by atoms with Crippen LogP contribution in [0.4, 0.5) is 10.1 Å². The number of aryl methyl sites for hydroxylation is 2. The molecule has 0 aliphatic carbocycles. The van der Waals surface area contributed by atoms with Gasteiger partial charge < -0.3 is 10.5 Å². The second-order valence-corrected chi connectivity index (χ2v) is 4.71. The molecule has 0 bridgehead atoms. The Balaban J connectivity index is 2.20. The summed E-state index contributed by atoms with van der Waals surface area (Å²) in [6.45, 7) is 3.92. The molecule has 0 aliphatic rings. The number of nitrogens with zero attached hydrogens (tertiary/aromatic N) is 1. The summed E-state index contributed by atoms with van der Waals surface area (Å²) in [6, 6.07) is 9.98. The topological polar surface area (TPSA) is 59.0 Å². The second-order valence-electron chi connectivity index (χ2n) is 4.71. The average Bonchev–Trinajstić information content (AvgIpc) is 2.39. The van der Waals surface area contributed by atoms with Crippen molar-refractivity contribution in [3.05, 3.63) is 58.4 Å². The molecule has 2 N–H and O–H groups in total. The van der Waals surface area contributed by atoms with Crippen molar-refractivity contribution < 1.29 is 9.13 Å². The fraction of sp³-hybridized carbons (Fsp3) is 0.188. The summed E-state index contributed by atoms with van der Waals surface area (Å²) in [5.74, 6) is 0.117. The third-order valence-corrected chi connectivity index (χ3v) is 3.00. The summed E-state index contributed by atoms with van der Waals surface area (Å²) in [7, 11) is 0. The molecule has 2 rings (SSSR count). The van der Waals surface area contributed by atoms with Crippen molar-refractivity contribution in [3.63, 3.8) is 0 Å². The molecular weight excluding hydrogens is 255 g/mol. The first-order chi connectivity index (χ1) is 9.51. The second kappa shape index (κ2) is 5.62. The van der Waals surface area contributed by atoms with Crippen LogP contribution in [0.15, 0.2) is 30.3 Å². The Labute approximate surface area is 117 Å². The van der Waals surface area contributed by atoms with E-state index in [1.807, 2.05) is 32.0 Å². The fourth-order valence-electron chi connectivity index (χ4n) is 2.07. The number of rotatable bonds is 3. The molecule has 102 valence electrons. The normalized spacial score (nSPS) is 10.1. The first kappa shape index (κ1) is 13.9. The van der Waals surface area contributed by atoms with E-state index in [1.54, 1.807) is 12.1 Å². The van der Waals surface area contributed by atoms with E-state index in [0.717, 1.165) is 11.1 Å². The zero-order valence-corrected chi connectivity index (χ0v) is 11.4. The summed E-state index contributed by atoms with van der Waals surface area (Å²) in [5, 5.41) is 8.70. The summed E-state index contributed by atoms with van der Waals surface area (Å²) in [4.78, 5) is 0. The molecule has 0 radical (unpaired) electrons. The van der Waals surface area contributed by atoms with Gasteiger partial charge in [0.2, 0.25) is 0 Å². The van der Waals surface area contributed by atoms with E-state index < -0.39 is 5.82 Å². The number of nitriles is 1. The molecular formula is C16H15FN2O. The molecule has 0 spiro atoms. The van der Waals surface area contributed by atoms with Crippen molar-refractivity contribution in [3.8, 4) is 11.8 Å². The summed E-state index contributed by atoms with van der Waals surface area (Å²) < 4.78 is 19.4. The number of hydrogen-bond acceptors (Lipinski definition) is 3. The van der Waals surface area contributed by atoms with Gasteiger partial charge in [-0.1, -0.05) is 12.1 Å². The van der Waals surface area contributed by atoms with Crippen LogP contribution < -0.4 is 10.5 Å². The summed E-state index contributed by atoms with van der Waals surface area (Å²) >= 11 is 0. The maximum absolute atomic E-state index is 13.7. The van der Waals surface area contributed by atoms with Gasteiger partial charge in [0.25, 0.3) is 0 Å². The number of benzene rings is 2. The Morgan fingerprint density at radius 2 is 2.00 bits per heavy atom. The van der Waals surface area contributed by atoms with Crippen LogP contribution in [0.5, 0.6) is 5.75 Å². The number of halogens is 1. The van der Waals surface area contributed by atoms with Crippen LogP contribution in [-0.2, 0) is 6.61 Å². The van der Waals surface area contributed by atoms with Gasteiger partial charge >= 0.3 is 0 Å². The average molecular weight is 270 g/mol. The van der Waals surface area contributed by atoms with Crippen LogP contribution in [-0.4, -0.2) is 0 Å². The monoisotopic (exact) mass is 270 g/mol. The lowest BCUT2D eigenvalue weighted by Gasteiger charge is -2.13. The van der Waals surface area contributed by atoms with Gasteiger partial charge in [-0.05, 0) is 43.2 Å². The summed E-state index contributed by atoms with van der Waals surface area (Å²) in [6.07, 6.45) is 0. The predicted octanol–water partition coefficient (Wildman–Crippen LogP) is 3.48. The zero-order valence-electron chi connectivity index (χ0n) is 11.4. The van der Waals surface area contributed by atoms with Crippen molar-refractivity contribution in [1.29, 1.82) is 5.26 Å². The van der Waals surface area contributed by atoms with E-state index in [1.165, 1.54) is 6.07 Å². The Morgan fingerprint density at radius 1 is 1.25 bits per heavy atom. The van der Waals surface area contributed by atoms with Gasteiger partial charge in [-0.15, -0.1) is 0 Å². The third-order valence-electron chi connectivity index (χ3n) is 3.00. The van der Waals surface area contributed by atoms with Crippen LogP contribution >= 0.6 is 0 Å². The van der Waals surface area contributed by atoms with Crippen LogP contribution in [0.1, 0.15) is 22.3 Å². The van der Waals surface area contributed by atoms with Gasteiger partial charge in [-0.2, -0.15) is 5.26 Å². The van der Waals surface area contributed by atoms with Crippen LogP contribution in [0.2, 0.25) is 0 Å². The Morgan fingerprint density at radius 3 is 2.60 bits per heavy atom. The Bertz CT molecular complexity index is 666. The van der Waals surface area contributed by atoms with E-state index in [9.17, 15) is 4.39 Å². The van der Waals surface area contributed by atoms with Crippen LogP contribution in [0.25, 0.3) is 0 Å². The highest BCUT2D eigenvalue weighted by molar-refractivity contribution is 5.58. The minimum Gasteiger partial charge on any atom is -0.486 e. The molecule has 0 saturated carbocycles. The van der Waals surface area contributed by atoms with Gasteiger partial charge in [0.1, 0.15) is 18.2 Å². The highest BCUT2D eigenvalue weighted by Crippen LogP contribution is 2.28. The Kier molecular flexibility index (Phi) is 3.90. The van der Waals surface area contributed by atoms with E-state index >= 15 is 0 Å². The van der Waals surface area contributed by atoms with Gasteiger partial charge in [0.15, 0.2) is 0 Å². The lowest BCUT2D eigenvalue weighted by molar-refractivity contribution is 0.299. The molecule has 2 aromatic carbocycles. The first-order valence-corrected chi connectivity index (χ1v) is 6.19. The van der Waals surface area contributed by atoms with Gasteiger partial charge in [-0.3, -0.25) is 0 Å². The number of nitrogens with two attached hydrogens (primary N) is 1. The number of ether oxygens (including phenoxy) is 1. The largest absolute Gasteiger partial charge is 0.486 e. The SMILES string of the molecule is Cc1cc(C)c(OCc2ccc(C#N)cc2F)c(N)c1. The molecule has 0 heterocycles. The minimum absolute atomic E-state index is 0.0750. The zero-order chi connectivity index (χ0) is 14.7. The molecule has 2 aromatic rings. The van der Waals surface area contributed by atoms with Crippen LogP contribution in [0.3, 0.4) is 0 Å². The standard InChI is InChI=1S/C16H15FN2O/c1-10-5-11(2)16(15(19)6-10)20-9-13-4-3-12(8-18)7-14(13)17/h3-7H,9,19H2,1-2H3. The lowest BCUT2D eigenvalue weighted by atomic mass is 10.1. The molecule has 4 heteroatoms. The Hall–Kier alpha value is -2.54. The minimum atomic E-state index is -0.451. The van der Waals surface area contributed by atoms with Crippen LogP contribution in [0, 0.1) is 31.0 Å². The molecule has 0 atom stereocenters. The highest BCUT2D eigenvalue weighted by atomic mass is 19.1.